The number of aliphatic imine (C=N–C) groups is 2. The number of halogens is 1. The van der Waals surface area contributed by atoms with Gasteiger partial charge in [-0.2, -0.15) is 0 Å². The summed E-state index contributed by atoms with van der Waals surface area (Å²) in [6.45, 7) is 16.8. The monoisotopic (exact) mass is 600 g/mol. The van der Waals surface area contributed by atoms with Gasteiger partial charge >= 0.3 is 0 Å². The molecule has 0 bridgehead atoms. The molecule has 3 rings (SSSR count). The van der Waals surface area contributed by atoms with Crippen molar-refractivity contribution in [2.45, 2.75) is 104 Å². The van der Waals surface area contributed by atoms with E-state index in [0.717, 1.165) is 59.1 Å². The Balaban J connectivity index is 0.00000324. The molecule has 1 aliphatic rings. The minimum Gasteiger partial charge on any atom is -1.00 e. The quantitative estimate of drug-likeness (QED) is 0.518. The van der Waals surface area contributed by atoms with Crippen LogP contribution in [0.2, 0.25) is 0 Å². The molecule has 2 atom stereocenters. The van der Waals surface area contributed by atoms with Crippen LogP contribution in [0.1, 0.15) is 101 Å². The average Bonchev–Trinajstić information content (AvgIpc) is 2.73. The molecule has 2 aromatic rings. The Labute approximate surface area is 238 Å². The summed E-state index contributed by atoms with van der Waals surface area (Å²) in [5.41, 5.74) is 5.37. The molecule has 6 heteroatoms. The van der Waals surface area contributed by atoms with E-state index in [4.69, 9.17) is 9.98 Å². The van der Waals surface area contributed by atoms with Crippen LogP contribution in [0, 0.1) is 13.8 Å². The predicted molar refractivity (Wildman–Crippen MR) is 144 cm³/mol. The molecule has 0 amide bonds. The van der Waals surface area contributed by atoms with Crippen LogP contribution in [0.15, 0.2) is 34.3 Å². The summed E-state index contributed by atoms with van der Waals surface area (Å²) < 4.78 is 0. The molecule has 2 N–H and O–H groups in total. The van der Waals surface area contributed by atoms with Gasteiger partial charge in [0.15, 0.2) is 0 Å². The average molecular weight is 602 g/mol. The molecule has 0 aromatic heterocycles. The van der Waals surface area contributed by atoms with Crippen molar-refractivity contribution >= 4 is 12.4 Å². The number of phenolic OH excluding ortho intramolecular Hbond substituents is 2. The Morgan fingerprint density at radius 2 is 1.03 bits per heavy atom. The van der Waals surface area contributed by atoms with Crippen molar-refractivity contribution in [3.8, 4) is 11.5 Å². The van der Waals surface area contributed by atoms with Crippen molar-refractivity contribution < 1.29 is 44.0 Å². The van der Waals surface area contributed by atoms with Crippen molar-refractivity contribution in [2.24, 2.45) is 9.98 Å². The molecule has 0 spiro atoms. The molecule has 0 unspecified atom stereocenters. The number of aromatic hydroxyl groups is 2. The molecule has 0 saturated heterocycles. The Morgan fingerprint density at radius 1 is 0.694 bits per heavy atom. The van der Waals surface area contributed by atoms with Crippen molar-refractivity contribution in [2.75, 3.05) is 0 Å². The van der Waals surface area contributed by atoms with Gasteiger partial charge in [0.2, 0.25) is 0 Å². The number of phenols is 2. The van der Waals surface area contributed by atoms with Gasteiger partial charge in [0.1, 0.15) is 11.5 Å². The predicted octanol–water partition coefficient (Wildman–Crippen LogP) is 4.16. The summed E-state index contributed by atoms with van der Waals surface area (Å²) in [6, 6.07) is 8.23. The third-order valence-corrected chi connectivity index (χ3v) is 6.69. The number of nitrogens with zero attached hydrogens (tertiary/aromatic N) is 2. The van der Waals surface area contributed by atoms with Crippen LogP contribution < -0.4 is 17.0 Å². The van der Waals surface area contributed by atoms with Gasteiger partial charge < -0.3 is 27.2 Å². The molecule has 1 fully saturated rings. The number of hydrogen-bond acceptors (Lipinski definition) is 4. The minimum absolute atomic E-state index is 0. The normalized spacial score (nSPS) is 18.8. The molecule has 1 radical (unpaired) electrons. The summed E-state index contributed by atoms with van der Waals surface area (Å²) in [7, 11) is 0. The van der Waals surface area contributed by atoms with Gasteiger partial charge in [-0.05, 0) is 60.8 Å². The number of aryl methyl sites for hydroxylation is 2. The second-order valence-electron chi connectivity index (χ2n) is 12.0. The van der Waals surface area contributed by atoms with E-state index < -0.39 is 0 Å². The Bertz CT molecular complexity index is 1010. The summed E-state index contributed by atoms with van der Waals surface area (Å²) in [5.74, 6) is 0.634. The fraction of sp³-hybridized carbons (Fsp3) is 0.533. The first-order valence-corrected chi connectivity index (χ1v) is 12.5. The van der Waals surface area contributed by atoms with E-state index >= 15 is 0 Å². The second kappa shape index (κ2) is 12.7. The molecule has 4 nitrogen and oxygen atoms in total. The summed E-state index contributed by atoms with van der Waals surface area (Å²) in [4.78, 5) is 9.82. The summed E-state index contributed by atoms with van der Waals surface area (Å²) >= 11 is 0. The molecule has 0 aliphatic heterocycles. The Morgan fingerprint density at radius 3 is 1.33 bits per heavy atom. The number of benzene rings is 2. The van der Waals surface area contributed by atoms with E-state index in [9.17, 15) is 10.2 Å². The van der Waals surface area contributed by atoms with Gasteiger partial charge in [0.25, 0.3) is 0 Å². The third kappa shape index (κ3) is 7.93. The standard InChI is InChI=1S/C30H42N2O2.BrH.Co/c1-19-13-21(27(33)23(15-19)29(3,4)5)17-31-25-11-9-10-12-26(25)32-18-22-14-20(2)16-24(28(22)34)30(6,7)8;;/h13-18,25-26,33-34H,9-12H2,1-8H3;1H;/p-1/t25-,26-;;/m1../s1. The van der Waals surface area contributed by atoms with Crippen LogP contribution in [0.4, 0.5) is 0 Å². The van der Waals surface area contributed by atoms with Crippen LogP contribution in [0.25, 0.3) is 0 Å². The van der Waals surface area contributed by atoms with Gasteiger partial charge in [0, 0.05) is 51.5 Å². The largest absolute Gasteiger partial charge is 1.00 e. The van der Waals surface area contributed by atoms with Crippen LogP contribution in [-0.2, 0) is 27.6 Å². The Hall–Kier alpha value is -1.63. The van der Waals surface area contributed by atoms with Crippen molar-refractivity contribution in [1.29, 1.82) is 0 Å². The summed E-state index contributed by atoms with van der Waals surface area (Å²) in [6.07, 6.45) is 7.88. The van der Waals surface area contributed by atoms with Crippen LogP contribution in [-0.4, -0.2) is 34.7 Å². The van der Waals surface area contributed by atoms with Crippen molar-refractivity contribution in [3.05, 3.63) is 57.6 Å². The zero-order chi connectivity index (χ0) is 25.3. The SMILES string of the molecule is Cc1cc(C=N[C@@H]2CCCC[C@H]2N=Cc2cc(C)cc(C(C)(C)C)c2O)c(O)c(C(C)(C)C)c1.[Br-].[Co]. The van der Waals surface area contributed by atoms with E-state index in [1.165, 1.54) is 0 Å². The first kappa shape index (κ1) is 32.4. The van der Waals surface area contributed by atoms with Gasteiger partial charge in [-0.3, -0.25) is 9.98 Å². The summed E-state index contributed by atoms with van der Waals surface area (Å²) in [5, 5.41) is 21.8. The molecule has 201 valence electrons. The van der Waals surface area contributed by atoms with Gasteiger partial charge in [-0.1, -0.05) is 66.5 Å². The van der Waals surface area contributed by atoms with Crippen LogP contribution in [0.5, 0.6) is 11.5 Å². The van der Waals surface area contributed by atoms with E-state index in [1.54, 1.807) is 0 Å². The van der Waals surface area contributed by atoms with E-state index in [0.29, 0.717) is 11.5 Å². The first-order valence-electron chi connectivity index (χ1n) is 12.5. The molecular formula is C30H42BrCoN2O2-. The smallest absolute Gasteiger partial charge is 0.128 e. The topological polar surface area (TPSA) is 65.2 Å². The maximum Gasteiger partial charge on any atom is 0.128 e. The maximum absolute atomic E-state index is 10.9. The van der Waals surface area contributed by atoms with Gasteiger partial charge in [0.05, 0.1) is 12.1 Å². The number of rotatable bonds is 4. The molecule has 1 aliphatic carbocycles. The van der Waals surface area contributed by atoms with Crippen molar-refractivity contribution in [3.63, 3.8) is 0 Å². The fourth-order valence-corrected chi connectivity index (χ4v) is 4.75. The molecule has 0 heterocycles. The zero-order valence-electron chi connectivity index (χ0n) is 22.9. The molecular weight excluding hydrogens is 559 g/mol. The Kier molecular flexibility index (Phi) is 11.5. The van der Waals surface area contributed by atoms with E-state index in [1.807, 2.05) is 24.6 Å². The van der Waals surface area contributed by atoms with Gasteiger partial charge in [-0.25, -0.2) is 0 Å². The van der Waals surface area contributed by atoms with Crippen LogP contribution >= 0.6 is 0 Å². The van der Waals surface area contributed by atoms with E-state index in [2.05, 4.69) is 67.5 Å². The zero-order valence-corrected chi connectivity index (χ0v) is 25.6. The fourth-order valence-electron chi connectivity index (χ4n) is 4.75. The van der Waals surface area contributed by atoms with E-state index in [-0.39, 0.29) is 56.7 Å². The number of hydrogen-bond donors (Lipinski definition) is 2. The third-order valence-electron chi connectivity index (χ3n) is 6.69. The first-order chi connectivity index (χ1) is 15.8. The maximum atomic E-state index is 10.9. The molecule has 2 aromatic carbocycles. The van der Waals surface area contributed by atoms with Crippen LogP contribution in [0.3, 0.4) is 0 Å². The minimum atomic E-state index is -0.141. The molecule has 36 heavy (non-hydrogen) atoms. The molecule has 1 saturated carbocycles. The second-order valence-corrected chi connectivity index (χ2v) is 12.0. The van der Waals surface area contributed by atoms with Crippen molar-refractivity contribution in [1.82, 2.24) is 0 Å². The van der Waals surface area contributed by atoms with Gasteiger partial charge in [-0.15, -0.1) is 0 Å².